The van der Waals surface area contributed by atoms with Gasteiger partial charge in [0.2, 0.25) is 0 Å². The zero-order valence-corrected chi connectivity index (χ0v) is 14.9. The number of urea groups is 1. The van der Waals surface area contributed by atoms with Gasteiger partial charge in [-0.05, 0) is 29.8 Å². The Morgan fingerprint density at radius 1 is 1.07 bits per heavy atom. The summed E-state index contributed by atoms with van der Waals surface area (Å²) in [5, 5.41) is 8.48. The predicted octanol–water partition coefficient (Wildman–Crippen LogP) is 3.32. The first-order chi connectivity index (χ1) is 13.7. The molecule has 28 heavy (non-hydrogen) atoms. The molecular formula is C21H18N4O3. The van der Waals surface area contributed by atoms with Crippen molar-refractivity contribution < 1.29 is 14.3 Å². The molecule has 0 bridgehead atoms. The molecular weight excluding hydrogens is 356 g/mol. The number of rotatable bonds is 4. The Balaban J connectivity index is 1.52. The highest BCUT2D eigenvalue weighted by molar-refractivity contribution is 5.96. The van der Waals surface area contributed by atoms with Gasteiger partial charge in [0.25, 0.3) is 5.91 Å². The van der Waals surface area contributed by atoms with Crippen molar-refractivity contribution in [3.63, 3.8) is 0 Å². The minimum absolute atomic E-state index is 0.0432. The van der Waals surface area contributed by atoms with Crippen LogP contribution in [0.15, 0.2) is 72.9 Å². The molecule has 2 aromatic carbocycles. The smallest absolute Gasteiger partial charge is 0.320 e. The molecule has 3 N–H and O–H groups in total. The molecule has 4 rings (SSSR count). The molecule has 3 amide bonds. The molecule has 0 spiro atoms. The van der Waals surface area contributed by atoms with Crippen LogP contribution in [0.3, 0.4) is 0 Å². The molecule has 1 aromatic heterocycles. The van der Waals surface area contributed by atoms with Crippen LogP contribution in [0.1, 0.15) is 17.3 Å². The van der Waals surface area contributed by atoms with Crippen molar-refractivity contribution in [1.82, 2.24) is 10.3 Å². The normalized spacial score (nSPS) is 13.5. The molecule has 1 aliphatic heterocycles. The van der Waals surface area contributed by atoms with Gasteiger partial charge >= 0.3 is 6.03 Å². The Hall–Kier alpha value is -3.87. The van der Waals surface area contributed by atoms with Gasteiger partial charge in [-0.2, -0.15) is 0 Å². The van der Waals surface area contributed by atoms with E-state index in [2.05, 4.69) is 20.9 Å². The lowest BCUT2D eigenvalue weighted by Gasteiger charge is -2.21. The summed E-state index contributed by atoms with van der Waals surface area (Å²) in [6.07, 6.45) is 1.69. The average Bonchev–Trinajstić information content (AvgIpc) is 2.73. The van der Waals surface area contributed by atoms with Crippen LogP contribution in [0.4, 0.5) is 16.2 Å². The molecule has 0 saturated heterocycles. The van der Waals surface area contributed by atoms with Gasteiger partial charge in [0.1, 0.15) is 5.75 Å². The quantitative estimate of drug-likeness (QED) is 0.653. The predicted molar refractivity (Wildman–Crippen MR) is 105 cm³/mol. The summed E-state index contributed by atoms with van der Waals surface area (Å²) in [5.41, 5.74) is 2.80. The fraction of sp³-hybridized carbons (Fsp3) is 0.0952. The zero-order chi connectivity index (χ0) is 19.3. The van der Waals surface area contributed by atoms with Crippen molar-refractivity contribution in [2.45, 2.75) is 6.04 Å². The third-order valence-electron chi connectivity index (χ3n) is 4.26. The molecule has 1 atom stereocenters. The highest BCUT2D eigenvalue weighted by Crippen LogP contribution is 2.30. The summed E-state index contributed by atoms with van der Waals surface area (Å²) in [6.45, 7) is -0.0432. The Labute approximate surface area is 161 Å². The number of fused-ring (bicyclic) bond motifs is 1. The number of hydrogen-bond donors (Lipinski definition) is 3. The number of hydrogen-bond acceptors (Lipinski definition) is 4. The summed E-state index contributed by atoms with van der Waals surface area (Å²) < 4.78 is 5.38. The van der Waals surface area contributed by atoms with E-state index in [0.717, 1.165) is 11.3 Å². The topological polar surface area (TPSA) is 92.3 Å². The van der Waals surface area contributed by atoms with E-state index in [4.69, 9.17) is 4.74 Å². The first-order valence-electron chi connectivity index (χ1n) is 8.79. The monoisotopic (exact) mass is 374 g/mol. The fourth-order valence-corrected chi connectivity index (χ4v) is 2.97. The standard InChI is InChI=1S/C21H18N4O3/c26-19-13-28-18-12-15(9-10-16(18)24-19)23-21(27)25-20(14-6-2-1-3-7-14)17-8-4-5-11-22-17/h1-12,20H,13H2,(H,24,26)(H2,23,25,27). The number of carbonyl (C=O) groups is 2. The molecule has 0 saturated carbocycles. The van der Waals surface area contributed by atoms with Crippen molar-refractivity contribution >= 4 is 23.3 Å². The molecule has 1 aliphatic rings. The molecule has 2 heterocycles. The number of ether oxygens (including phenoxy) is 1. The van der Waals surface area contributed by atoms with Crippen molar-refractivity contribution in [2.75, 3.05) is 17.2 Å². The van der Waals surface area contributed by atoms with Crippen molar-refractivity contribution in [2.24, 2.45) is 0 Å². The molecule has 0 radical (unpaired) electrons. The van der Waals surface area contributed by atoms with Crippen LogP contribution in [0.2, 0.25) is 0 Å². The van der Waals surface area contributed by atoms with Crippen LogP contribution in [0, 0.1) is 0 Å². The minimum Gasteiger partial charge on any atom is -0.482 e. The van der Waals surface area contributed by atoms with Crippen molar-refractivity contribution in [1.29, 1.82) is 0 Å². The number of pyridine rings is 1. The summed E-state index contributed by atoms with van der Waals surface area (Å²) in [4.78, 5) is 28.4. The number of aromatic nitrogens is 1. The molecule has 7 nitrogen and oxygen atoms in total. The number of nitrogens with zero attached hydrogens (tertiary/aromatic N) is 1. The third-order valence-corrected chi connectivity index (χ3v) is 4.26. The lowest BCUT2D eigenvalue weighted by molar-refractivity contribution is -0.118. The molecule has 7 heteroatoms. The SMILES string of the molecule is O=C1COc2cc(NC(=O)NC(c3ccccc3)c3ccccn3)ccc2N1. The first kappa shape index (κ1) is 17.5. The number of anilines is 2. The molecule has 0 fully saturated rings. The van der Waals surface area contributed by atoms with Gasteiger partial charge in [-0.15, -0.1) is 0 Å². The van der Waals surface area contributed by atoms with E-state index < -0.39 is 6.04 Å². The maximum atomic E-state index is 12.6. The van der Waals surface area contributed by atoms with E-state index >= 15 is 0 Å². The third kappa shape index (κ3) is 3.93. The van der Waals surface area contributed by atoms with Crippen LogP contribution in [0.25, 0.3) is 0 Å². The first-order valence-corrected chi connectivity index (χ1v) is 8.79. The molecule has 140 valence electrons. The second-order valence-corrected chi connectivity index (χ2v) is 6.24. The Bertz CT molecular complexity index is 954. The summed E-state index contributed by atoms with van der Waals surface area (Å²) in [6, 6.07) is 19.5. The second kappa shape index (κ2) is 7.79. The summed E-state index contributed by atoms with van der Waals surface area (Å²) >= 11 is 0. The van der Waals surface area contributed by atoms with E-state index in [-0.39, 0.29) is 18.5 Å². The van der Waals surface area contributed by atoms with Gasteiger partial charge in [0.15, 0.2) is 6.61 Å². The van der Waals surface area contributed by atoms with Gasteiger partial charge in [0, 0.05) is 18.0 Å². The van der Waals surface area contributed by atoms with E-state index in [9.17, 15) is 9.59 Å². The zero-order valence-electron chi connectivity index (χ0n) is 14.9. The summed E-state index contributed by atoms with van der Waals surface area (Å²) in [7, 11) is 0. The fourth-order valence-electron chi connectivity index (χ4n) is 2.97. The van der Waals surface area contributed by atoms with Gasteiger partial charge < -0.3 is 20.7 Å². The minimum atomic E-state index is -0.393. The van der Waals surface area contributed by atoms with Crippen LogP contribution in [0.5, 0.6) is 5.75 Å². The second-order valence-electron chi connectivity index (χ2n) is 6.24. The van der Waals surface area contributed by atoms with Gasteiger partial charge in [-0.1, -0.05) is 36.4 Å². The highest BCUT2D eigenvalue weighted by atomic mass is 16.5. The number of nitrogens with one attached hydrogen (secondary N) is 3. The number of amides is 3. The van der Waals surface area contributed by atoms with Crippen molar-refractivity contribution in [3.8, 4) is 5.75 Å². The van der Waals surface area contributed by atoms with Gasteiger partial charge in [-0.25, -0.2) is 4.79 Å². The van der Waals surface area contributed by atoms with E-state index in [1.54, 1.807) is 24.4 Å². The van der Waals surface area contributed by atoms with Crippen LogP contribution < -0.4 is 20.7 Å². The Morgan fingerprint density at radius 3 is 2.68 bits per heavy atom. The number of carbonyl (C=O) groups excluding carboxylic acids is 2. The largest absolute Gasteiger partial charge is 0.482 e. The van der Waals surface area contributed by atoms with Crippen LogP contribution in [-0.4, -0.2) is 23.5 Å². The van der Waals surface area contributed by atoms with Crippen LogP contribution in [-0.2, 0) is 4.79 Å². The van der Waals surface area contributed by atoms with E-state index in [0.29, 0.717) is 17.1 Å². The van der Waals surface area contributed by atoms with E-state index in [1.807, 2.05) is 48.5 Å². The van der Waals surface area contributed by atoms with Crippen LogP contribution >= 0.6 is 0 Å². The Morgan fingerprint density at radius 2 is 1.89 bits per heavy atom. The highest BCUT2D eigenvalue weighted by Gasteiger charge is 2.19. The Kier molecular flexibility index (Phi) is 4.88. The van der Waals surface area contributed by atoms with Crippen molar-refractivity contribution in [3.05, 3.63) is 84.2 Å². The van der Waals surface area contributed by atoms with E-state index in [1.165, 1.54) is 0 Å². The molecule has 0 aliphatic carbocycles. The summed E-state index contributed by atoms with van der Waals surface area (Å²) in [5.74, 6) is 0.314. The maximum Gasteiger partial charge on any atom is 0.320 e. The maximum absolute atomic E-state index is 12.6. The number of benzene rings is 2. The molecule has 3 aromatic rings. The average molecular weight is 374 g/mol. The lowest BCUT2D eigenvalue weighted by Crippen LogP contribution is -2.33. The lowest BCUT2D eigenvalue weighted by atomic mass is 10.0. The van der Waals surface area contributed by atoms with Gasteiger partial charge in [0.05, 0.1) is 17.4 Å². The van der Waals surface area contributed by atoms with Gasteiger partial charge in [-0.3, -0.25) is 9.78 Å². The molecule has 1 unspecified atom stereocenters.